The number of phenolic OH excluding ortho intramolecular Hbond substituents is 3. The maximum absolute atomic E-state index is 13.0. The summed E-state index contributed by atoms with van der Waals surface area (Å²) in [7, 11) is 7.70. The van der Waals surface area contributed by atoms with Crippen molar-refractivity contribution in [3.05, 3.63) is 177 Å². The van der Waals surface area contributed by atoms with Crippen LogP contribution in [0.2, 0.25) is 0 Å². The highest BCUT2D eigenvalue weighted by molar-refractivity contribution is 7.17. The zero-order valence-corrected chi connectivity index (χ0v) is 60.8. The van der Waals surface area contributed by atoms with Crippen molar-refractivity contribution < 1.29 is 102 Å². The lowest BCUT2D eigenvalue weighted by molar-refractivity contribution is -0.143. The number of amides is 8. The van der Waals surface area contributed by atoms with Gasteiger partial charge >= 0.3 is 29.9 Å². The molecule has 38 heteroatoms. The molecule has 8 rings (SSSR count). The second kappa shape index (κ2) is 40.5. The molecule has 3 atom stereocenters. The smallest absolute Gasteiger partial charge is 0.330 e. The first-order valence-electron chi connectivity index (χ1n) is 30.6. The largest absolute Gasteiger partial charge is 0.508 e. The number of hydrogen-bond donors (Lipinski definition) is 13. The molecular weight excluding hydrogens is 1450 g/mol. The Hall–Kier alpha value is -12.1. The number of aryl methyl sites for hydroxylation is 3. The number of hydrogen-bond acceptors (Lipinski definition) is 28. The number of rotatable bonds is 29. The van der Waals surface area contributed by atoms with Crippen LogP contribution < -0.4 is 67.2 Å². The highest BCUT2D eigenvalue weighted by Gasteiger charge is 2.29. The normalized spacial score (nSPS) is 11.2. The Labute approximate surface area is 617 Å². The number of esters is 2. The molecule has 8 amide bonds. The second-order valence-corrected chi connectivity index (χ2v) is 24.8. The van der Waals surface area contributed by atoms with Gasteiger partial charge in [-0.15, -0.1) is 46.4 Å². The Morgan fingerprint density at radius 1 is 0.419 bits per heavy atom. The molecule has 0 aliphatic rings. The standard InChI is InChI=1S/C25H27N5O8S.C24H25N5O8S.C18H21N3O5S.ClH/c1-13-8-18(22(33)26-11-14-6-5-7-15(31)9-14)39-20(13)23(34)28-17(24(35)37-3)12-27-21(32)16-10-19(36-2)30-25(29-16)38-4;1-12-7-17(21(32)25-10-13-5-4-6-14(30)8-13)38-19(12)22(33)27-16(23(34)35)11-26-20(31)15-9-18(36-2)29-24(28-15)37-3;1-10-6-14(16(23)20-9-11-4-3-5-12(22)7-11)27-15(10)17(24)21-13(8-19)18(25)26-2;/h5-10,17,31H,11-12H2,1-4H3,(H,26,33)(H,27,32)(H,28,34);4-9,16,30H,10-11H2,1-3H3,(H,25,32)(H,26,31)(H,27,33)(H,34,35);3-7,13,22H,8-9,19H2,1-2H3,(H,20,23)(H,21,24);1H/t17-;16-;13-;/m000./s1. The Bertz CT molecular complexity index is 4410. The van der Waals surface area contributed by atoms with Crippen molar-refractivity contribution in [3.8, 4) is 41.0 Å². The molecule has 558 valence electrons. The number of carboxylic acids is 1. The van der Waals surface area contributed by atoms with E-state index < -0.39 is 83.9 Å². The number of aromatic nitrogens is 4. The molecule has 8 aromatic rings. The van der Waals surface area contributed by atoms with Crippen molar-refractivity contribution in [2.75, 3.05) is 62.3 Å². The Kier molecular flexibility index (Phi) is 32.3. The first-order chi connectivity index (χ1) is 49.6. The van der Waals surface area contributed by atoms with Crippen LogP contribution in [0.5, 0.6) is 41.0 Å². The number of nitrogens with zero attached hydrogens (tertiary/aromatic N) is 4. The fourth-order valence-corrected chi connectivity index (χ4v) is 11.8. The minimum Gasteiger partial charge on any atom is -0.508 e. The molecule has 0 fully saturated rings. The molecule has 0 bridgehead atoms. The van der Waals surface area contributed by atoms with Crippen LogP contribution in [0.1, 0.15) is 112 Å². The van der Waals surface area contributed by atoms with E-state index in [0.717, 1.165) is 46.7 Å². The van der Waals surface area contributed by atoms with E-state index in [2.05, 4.69) is 67.2 Å². The minimum absolute atomic E-state index is 0. The van der Waals surface area contributed by atoms with Gasteiger partial charge in [0.2, 0.25) is 11.8 Å². The number of thiophene rings is 3. The molecule has 14 N–H and O–H groups in total. The van der Waals surface area contributed by atoms with Gasteiger partial charge in [0.15, 0.2) is 0 Å². The summed E-state index contributed by atoms with van der Waals surface area (Å²) >= 11 is 2.87. The molecule has 0 spiro atoms. The molecule has 5 heterocycles. The maximum Gasteiger partial charge on any atom is 0.330 e. The zero-order chi connectivity index (χ0) is 76.3. The fourth-order valence-electron chi connectivity index (χ4n) is 8.83. The van der Waals surface area contributed by atoms with E-state index in [1.165, 1.54) is 78.0 Å². The van der Waals surface area contributed by atoms with Crippen molar-refractivity contribution in [3.63, 3.8) is 0 Å². The van der Waals surface area contributed by atoms with Gasteiger partial charge in [0.25, 0.3) is 47.3 Å². The van der Waals surface area contributed by atoms with E-state index >= 15 is 0 Å². The SMILES string of the molecule is COC(=O)[C@H](CN)NC(=O)c1sc(C(=O)NCc2cccc(O)c2)cc1C.COC(=O)[C@H](CNC(=O)c1cc(OC)nc(OC)n1)NC(=O)c1sc(C(=O)NCc2cccc(O)c2)cc1C.COc1cc(C(=O)NC[C@H](NC(=O)c2sc(C(=O)NCc3cccc(O)c3)cc2C)C(=O)O)nc(OC)n1.Cl. The highest BCUT2D eigenvalue weighted by atomic mass is 35.5. The number of aromatic hydroxyl groups is 3. The molecule has 3 aromatic carbocycles. The third-order valence-corrected chi connectivity index (χ3v) is 17.8. The summed E-state index contributed by atoms with van der Waals surface area (Å²) in [6, 6.07) is 22.8. The van der Waals surface area contributed by atoms with E-state index in [1.807, 2.05) is 0 Å². The number of halogens is 1. The number of ether oxygens (including phenoxy) is 6. The average Bonchev–Trinajstić information content (AvgIpc) is 1.26. The molecule has 0 aliphatic carbocycles. The summed E-state index contributed by atoms with van der Waals surface area (Å²) in [5.74, 6) is -6.78. The summed E-state index contributed by atoms with van der Waals surface area (Å²) in [6.07, 6.45) is 0. The van der Waals surface area contributed by atoms with Crippen LogP contribution in [-0.4, -0.2) is 186 Å². The maximum atomic E-state index is 13.0. The van der Waals surface area contributed by atoms with Crippen molar-refractivity contribution in [1.29, 1.82) is 0 Å². The van der Waals surface area contributed by atoms with Crippen molar-refractivity contribution >= 4 is 112 Å². The Morgan fingerprint density at radius 2 is 0.743 bits per heavy atom. The van der Waals surface area contributed by atoms with Gasteiger partial charge in [-0.1, -0.05) is 36.4 Å². The lowest BCUT2D eigenvalue weighted by atomic mass is 10.2. The van der Waals surface area contributed by atoms with E-state index in [1.54, 1.807) is 81.4 Å². The molecule has 0 unspecified atom stereocenters. The van der Waals surface area contributed by atoms with Crippen LogP contribution in [0.25, 0.3) is 0 Å². The van der Waals surface area contributed by atoms with Gasteiger partial charge in [-0.25, -0.2) is 14.4 Å². The Balaban J connectivity index is 0.000000287. The van der Waals surface area contributed by atoms with Crippen molar-refractivity contribution in [2.24, 2.45) is 5.73 Å². The first kappa shape index (κ1) is 83.6. The molecule has 0 saturated heterocycles. The molecule has 34 nitrogen and oxygen atoms in total. The number of carbonyl (C=O) groups is 11. The zero-order valence-electron chi connectivity index (χ0n) is 57.5. The lowest BCUT2D eigenvalue weighted by Gasteiger charge is -2.17. The number of aliphatic carboxylic acids is 1. The van der Waals surface area contributed by atoms with Gasteiger partial charge in [-0.2, -0.15) is 19.9 Å². The summed E-state index contributed by atoms with van der Waals surface area (Å²) in [5.41, 5.74) is 9.03. The average molecular weight is 1530 g/mol. The number of phenols is 3. The third-order valence-electron chi connectivity index (χ3n) is 14.1. The number of carbonyl (C=O) groups excluding carboxylic acids is 10. The topological polar surface area (TPSA) is 498 Å². The number of nitrogens with two attached hydrogens (primary N) is 1. The number of methoxy groups -OCH3 is 6. The monoisotopic (exact) mass is 1530 g/mol. The molecule has 105 heavy (non-hydrogen) atoms. The third kappa shape index (κ3) is 24.9. The number of carboxylic acid groups (broad SMARTS) is 1. The van der Waals surface area contributed by atoms with Crippen LogP contribution in [-0.2, 0) is 43.5 Å². The van der Waals surface area contributed by atoms with Crippen LogP contribution in [0, 0.1) is 20.8 Å². The van der Waals surface area contributed by atoms with E-state index in [9.17, 15) is 73.2 Å². The molecule has 5 aromatic heterocycles. The van der Waals surface area contributed by atoms with Crippen molar-refractivity contribution in [1.82, 2.24) is 62.5 Å². The van der Waals surface area contributed by atoms with Gasteiger partial charge in [-0.3, -0.25) is 38.4 Å². The van der Waals surface area contributed by atoms with Crippen LogP contribution >= 0.6 is 46.4 Å². The van der Waals surface area contributed by atoms with Crippen LogP contribution in [0.15, 0.2) is 103 Å². The molecular formula is C67H74ClN13O21S3. The summed E-state index contributed by atoms with van der Waals surface area (Å²) < 4.78 is 29.2. The summed E-state index contributed by atoms with van der Waals surface area (Å²) in [5, 5.41) is 58.6. The predicted molar refractivity (Wildman–Crippen MR) is 382 cm³/mol. The van der Waals surface area contributed by atoms with Crippen LogP contribution in [0.4, 0.5) is 0 Å². The van der Waals surface area contributed by atoms with Gasteiger partial charge in [0, 0.05) is 51.4 Å². The van der Waals surface area contributed by atoms with Crippen LogP contribution in [0.3, 0.4) is 0 Å². The first-order valence-corrected chi connectivity index (χ1v) is 33.1. The molecule has 0 saturated carbocycles. The van der Waals surface area contributed by atoms with Gasteiger partial charge < -0.3 is 97.1 Å². The molecule has 0 aliphatic heterocycles. The quantitative estimate of drug-likeness (QED) is 0.0297. The number of benzene rings is 3. The fraction of sp³-hybridized carbons (Fsp3) is 0.269. The lowest BCUT2D eigenvalue weighted by Crippen LogP contribution is -2.49. The van der Waals surface area contributed by atoms with E-state index in [-0.39, 0.29) is 123 Å². The number of nitrogens with one attached hydrogen (secondary N) is 8. The van der Waals surface area contributed by atoms with E-state index in [4.69, 9.17) is 29.4 Å². The van der Waals surface area contributed by atoms with Crippen molar-refractivity contribution in [2.45, 2.75) is 58.5 Å². The van der Waals surface area contributed by atoms with Gasteiger partial charge in [0.05, 0.1) is 71.9 Å². The summed E-state index contributed by atoms with van der Waals surface area (Å²) in [4.78, 5) is 154. The second-order valence-electron chi connectivity index (χ2n) is 21.6. The highest BCUT2D eigenvalue weighted by Crippen LogP contribution is 2.26. The summed E-state index contributed by atoms with van der Waals surface area (Å²) in [6.45, 7) is 4.70. The van der Waals surface area contributed by atoms with Gasteiger partial charge in [0.1, 0.15) is 46.8 Å². The Morgan fingerprint density at radius 3 is 1.05 bits per heavy atom. The van der Waals surface area contributed by atoms with Gasteiger partial charge in [-0.05, 0) is 109 Å². The van der Waals surface area contributed by atoms with E-state index in [0.29, 0.717) is 37.6 Å². The minimum atomic E-state index is -1.47. The molecule has 0 radical (unpaired) electrons. The predicted octanol–water partition coefficient (Wildman–Crippen LogP) is 3.66.